The lowest BCUT2D eigenvalue weighted by Crippen LogP contribution is -2.65. The van der Waals surface area contributed by atoms with E-state index in [4.69, 9.17) is 9.26 Å². The molecule has 3 N–H and O–H groups in total. The molecule has 1 spiro atoms. The van der Waals surface area contributed by atoms with Crippen LogP contribution in [0.3, 0.4) is 0 Å². The molecule has 0 saturated heterocycles. The number of esters is 1. The average Bonchev–Trinajstić information content (AvgIpc) is 3.18. The van der Waals surface area contributed by atoms with Gasteiger partial charge in [-0.15, -0.1) is 0 Å². The molecule has 0 aromatic carbocycles. The fraction of sp³-hybridized carbons (Fsp3) is 0.654. The quantitative estimate of drug-likeness (QED) is 0.451. The first kappa shape index (κ1) is 24.8. The largest absolute Gasteiger partial charge is 0.450 e. The second kappa shape index (κ2) is 7.86. The molecule has 8 nitrogen and oxygen atoms in total. The van der Waals surface area contributed by atoms with Gasteiger partial charge in [-0.1, -0.05) is 45.0 Å². The van der Waals surface area contributed by atoms with E-state index in [1.165, 1.54) is 0 Å². The van der Waals surface area contributed by atoms with Crippen molar-refractivity contribution in [2.45, 2.75) is 72.7 Å². The second-order valence-corrected chi connectivity index (χ2v) is 11.1. The molecule has 0 aliphatic heterocycles. The van der Waals surface area contributed by atoms with E-state index in [1.54, 1.807) is 32.9 Å². The zero-order chi connectivity index (χ0) is 25.4. The number of rotatable bonds is 3. The van der Waals surface area contributed by atoms with Gasteiger partial charge in [-0.25, -0.2) is 4.79 Å². The molecule has 4 rings (SSSR count). The number of hydrogen-bond acceptors (Lipinski definition) is 8. The van der Waals surface area contributed by atoms with Crippen molar-refractivity contribution < 1.29 is 34.2 Å². The molecule has 186 valence electrons. The molecule has 34 heavy (non-hydrogen) atoms. The zero-order valence-electron chi connectivity index (χ0n) is 20.9. The van der Waals surface area contributed by atoms with Crippen molar-refractivity contribution in [1.29, 1.82) is 0 Å². The van der Waals surface area contributed by atoms with Gasteiger partial charge in [-0.2, -0.15) is 0 Å². The van der Waals surface area contributed by atoms with E-state index in [0.717, 1.165) is 0 Å². The highest BCUT2D eigenvalue weighted by Crippen LogP contribution is 2.62. The van der Waals surface area contributed by atoms with E-state index in [2.05, 4.69) is 12.1 Å². The van der Waals surface area contributed by atoms with Gasteiger partial charge in [0.1, 0.15) is 11.9 Å². The summed E-state index contributed by atoms with van der Waals surface area (Å²) in [6, 6.07) is 0. The van der Waals surface area contributed by atoms with E-state index < -0.39 is 47.1 Å². The summed E-state index contributed by atoms with van der Waals surface area (Å²) in [5.74, 6) is -1.47. The van der Waals surface area contributed by atoms with Crippen molar-refractivity contribution in [2.75, 3.05) is 6.61 Å². The molecular weight excluding hydrogens is 438 g/mol. The van der Waals surface area contributed by atoms with Crippen molar-refractivity contribution in [2.24, 2.45) is 28.6 Å². The molecule has 2 bridgehead atoms. The molecular formula is C26H35NO7. The van der Waals surface area contributed by atoms with Gasteiger partial charge in [0, 0.05) is 11.5 Å². The minimum atomic E-state index is -2.20. The third-order valence-electron chi connectivity index (χ3n) is 9.08. The number of hydrogen-bond donors (Lipinski definition) is 3. The van der Waals surface area contributed by atoms with E-state index in [9.17, 15) is 24.9 Å². The Morgan fingerprint density at radius 2 is 1.88 bits per heavy atom. The third-order valence-corrected chi connectivity index (χ3v) is 9.08. The first-order valence-electron chi connectivity index (χ1n) is 11.8. The number of aromatic nitrogens is 1. The lowest BCUT2D eigenvalue weighted by atomic mass is 9.59. The molecule has 1 fully saturated rings. The number of Topliss-reactive ketones (excluding diaryl/α,β-unsaturated/α-hetero) is 1. The number of aliphatic hydroxyl groups is 3. The lowest BCUT2D eigenvalue weighted by Gasteiger charge is -2.48. The Morgan fingerprint density at radius 1 is 1.24 bits per heavy atom. The Balaban J connectivity index is 1.91. The number of fused-ring (bicyclic) bond motifs is 1. The Kier molecular flexibility index (Phi) is 5.74. The molecule has 1 heterocycles. The van der Waals surface area contributed by atoms with Gasteiger partial charge in [0.2, 0.25) is 0 Å². The number of carbonyl (C=O) groups is 2. The minimum Gasteiger partial charge on any atom is -0.450 e. The van der Waals surface area contributed by atoms with Crippen LogP contribution < -0.4 is 0 Å². The Bertz CT molecular complexity index is 1100. The average molecular weight is 474 g/mol. The highest BCUT2D eigenvalue weighted by atomic mass is 16.6. The maximum Gasteiger partial charge on any atom is 0.361 e. The van der Waals surface area contributed by atoms with Gasteiger partial charge in [-0.05, 0) is 55.6 Å². The fourth-order valence-electron chi connectivity index (χ4n) is 6.43. The van der Waals surface area contributed by atoms with E-state index in [1.807, 2.05) is 20.8 Å². The molecule has 3 aliphatic carbocycles. The van der Waals surface area contributed by atoms with Crippen LogP contribution in [0.2, 0.25) is 0 Å². The predicted octanol–water partition coefficient (Wildman–Crippen LogP) is 2.67. The number of nitrogens with zero attached hydrogens (tertiary/aromatic N) is 1. The van der Waals surface area contributed by atoms with Gasteiger partial charge in [0.15, 0.2) is 23.2 Å². The first-order chi connectivity index (χ1) is 15.7. The summed E-state index contributed by atoms with van der Waals surface area (Å²) in [5, 5.41) is 37.8. The van der Waals surface area contributed by atoms with Crippen LogP contribution in [0, 0.1) is 42.4 Å². The van der Waals surface area contributed by atoms with Crippen LogP contribution in [0.15, 0.2) is 27.8 Å². The number of aliphatic hydroxyl groups excluding tert-OH is 2. The van der Waals surface area contributed by atoms with Crippen LogP contribution >= 0.6 is 0 Å². The van der Waals surface area contributed by atoms with Gasteiger partial charge in [0.25, 0.3) is 0 Å². The Hall–Kier alpha value is -2.29. The van der Waals surface area contributed by atoms with Crippen LogP contribution in [0.1, 0.15) is 62.9 Å². The Morgan fingerprint density at radius 3 is 2.44 bits per heavy atom. The monoisotopic (exact) mass is 473 g/mol. The molecule has 0 radical (unpaired) electrons. The fourth-order valence-corrected chi connectivity index (χ4v) is 6.43. The molecule has 1 saturated carbocycles. The molecule has 3 aliphatic rings. The molecule has 0 amide bonds. The van der Waals surface area contributed by atoms with Crippen molar-refractivity contribution in [1.82, 2.24) is 5.16 Å². The summed E-state index contributed by atoms with van der Waals surface area (Å²) in [6.45, 7) is 12.5. The van der Waals surface area contributed by atoms with Crippen LogP contribution in [-0.2, 0) is 9.53 Å². The van der Waals surface area contributed by atoms with E-state index in [-0.39, 0.29) is 28.9 Å². The number of ketones is 1. The van der Waals surface area contributed by atoms with Crippen LogP contribution in [0.25, 0.3) is 0 Å². The zero-order valence-corrected chi connectivity index (χ0v) is 20.9. The summed E-state index contributed by atoms with van der Waals surface area (Å²) < 4.78 is 10.9. The van der Waals surface area contributed by atoms with Crippen LogP contribution in [-0.4, -0.2) is 56.6 Å². The summed E-state index contributed by atoms with van der Waals surface area (Å²) in [7, 11) is 0. The molecule has 7 atom stereocenters. The lowest BCUT2D eigenvalue weighted by molar-refractivity contribution is -0.190. The van der Waals surface area contributed by atoms with E-state index in [0.29, 0.717) is 23.3 Å². The topological polar surface area (TPSA) is 130 Å². The number of carbonyl (C=O) groups excluding carboxylic acids is 2. The summed E-state index contributed by atoms with van der Waals surface area (Å²) in [6.07, 6.45) is 0.996. The standard InChI is InChI=1S/C26H35NO7/c1-12-10-25-14(3)8-13(2)24(6,7)18(21(25)30)9-17(11-28)20(29)26(25,32)22(12)33-23(31)19-15(4)16(5)34-27-19/h9-10,13-14,18,20,22,28-29,32H,8,11H2,1-7H3/t13-,14+,18+,20+,22-,25-,26-/m0/s1. The number of ether oxygens (including phenoxy) is 1. The van der Waals surface area contributed by atoms with Gasteiger partial charge >= 0.3 is 5.97 Å². The summed E-state index contributed by atoms with van der Waals surface area (Å²) >= 11 is 0. The van der Waals surface area contributed by atoms with Crippen molar-refractivity contribution >= 4 is 11.8 Å². The summed E-state index contributed by atoms with van der Waals surface area (Å²) in [4.78, 5) is 27.4. The smallest absolute Gasteiger partial charge is 0.361 e. The van der Waals surface area contributed by atoms with E-state index >= 15 is 0 Å². The first-order valence-corrected chi connectivity index (χ1v) is 11.8. The van der Waals surface area contributed by atoms with Crippen molar-refractivity contribution in [3.8, 4) is 0 Å². The SMILES string of the molecule is CC1=C[C@]23C(=O)[C@@H](C=C(CO)[C@@H](O)[C@]2(O)[C@H]1OC(=O)c1noc(C)c1C)C(C)(C)[C@@H](C)C[C@H]3C. The maximum absolute atomic E-state index is 14.3. The van der Waals surface area contributed by atoms with Gasteiger partial charge in [-0.3, -0.25) is 4.79 Å². The van der Waals surface area contributed by atoms with Crippen molar-refractivity contribution in [3.05, 3.63) is 40.3 Å². The summed E-state index contributed by atoms with van der Waals surface area (Å²) in [5.41, 5.74) is -3.07. The highest BCUT2D eigenvalue weighted by Gasteiger charge is 2.73. The Labute approximate surface area is 199 Å². The predicted molar refractivity (Wildman–Crippen MR) is 123 cm³/mol. The minimum absolute atomic E-state index is 0.0243. The molecule has 1 aromatic heterocycles. The third kappa shape index (κ3) is 2.98. The molecule has 0 unspecified atom stereocenters. The van der Waals surface area contributed by atoms with Gasteiger partial charge < -0.3 is 24.6 Å². The highest BCUT2D eigenvalue weighted by molar-refractivity contribution is 5.95. The van der Waals surface area contributed by atoms with Crippen LogP contribution in [0.4, 0.5) is 0 Å². The van der Waals surface area contributed by atoms with Crippen LogP contribution in [0.5, 0.6) is 0 Å². The van der Waals surface area contributed by atoms with Crippen molar-refractivity contribution in [3.63, 3.8) is 0 Å². The van der Waals surface area contributed by atoms with Gasteiger partial charge in [0.05, 0.1) is 12.0 Å². The second-order valence-electron chi connectivity index (χ2n) is 11.1. The number of allylic oxidation sites excluding steroid dienone is 1. The number of aryl methyl sites for hydroxylation is 1. The normalized spacial score (nSPS) is 39.0. The molecule has 8 heteroatoms. The maximum atomic E-state index is 14.3. The molecule has 1 aromatic rings.